The van der Waals surface area contributed by atoms with E-state index in [-0.39, 0.29) is 18.2 Å². The van der Waals surface area contributed by atoms with E-state index in [2.05, 4.69) is 41.4 Å². The second kappa shape index (κ2) is 8.02. The van der Waals surface area contributed by atoms with Gasteiger partial charge in [0.15, 0.2) is 0 Å². The van der Waals surface area contributed by atoms with Crippen LogP contribution >= 0.6 is 0 Å². The van der Waals surface area contributed by atoms with Crippen molar-refractivity contribution < 1.29 is 9.53 Å². The molecule has 1 aliphatic rings. The first-order chi connectivity index (χ1) is 13.3. The molecule has 0 spiro atoms. The van der Waals surface area contributed by atoms with Gasteiger partial charge in [-0.3, -0.25) is 4.98 Å². The van der Waals surface area contributed by atoms with Crippen molar-refractivity contribution in [2.24, 2.45) is 5.41 Å². The van der Waals surface area contributed by atoms with Gasteiger partial charge in [-0.25, -0.2) is 4.79 Å². The molecule has 1 amide bonds. The van der Waals surface area contributed by atoms with Crippen LogP contribution in [-0.4, -0.2) is 28.6 Å². The van der Waals surface area contributed by atoms with Crippen LogP contribution in [0, 0.1) is 23.7 Å². The lowest BCUT2D eigenvalue weighted by molar-refractivity contribution is 0.000798. The van der Waals surface area contributed by atoms with Gasteiger partial charge in [-0.2, -0.15) is 5.26 Å². The Bertz CT molecular complexity index is 883. The number of ether oxygens (including phenoxy) is 1. The van der Waals surface area contributed by atoms with Crippen molar-refractivity contribution in [1.82, 2.24) is 9.88 Å². The molecule has 146 valence electrons. The maximum absolute atomic E-state index is 12.5. The summed E-state index contributed by atoms with van der Waals surface area (Å²) in [4.78, 5) is 18.5. The van der Waals surface area contributed by atoms with Crippen LogP contribution in [-0.2, 0) is 4.74 Å². The maximum atomic E-state index is 12.5. The van der Waals surface area contributed by atoms with Crippen molar-refractivity contribution in [2.45, 2.75) is 52.7 Å². The van der Waals surface area contributed by atoms with Crippen molar-refractivity contribution in [1.29, 1.82) is 5.26 Å². The molecule has 28 heavy (non-hydrogen) atoms. The Hall–Kier alpha value is -2.87. The zero-order valence-electron chi connectivity index (χ0n) is 17.0. The van der Waals surface area contributed by atoms with E-state index in [1.54, 1.807) is 4.90 Å². The van der Waals surface area contributed by atoms with E-state index >= 15 is 0 Å². The number of amides is 1. The smallest absolute Gasteiger partial charge is 0.410 e. The van der Waals surface area contributed by atoms with Gasteiger partial charge in [0.05, 0.1) is 17.5 Å². The molecular weight excluding hydrogens is 350 g/mol. The highest BCUT2D eigenvalue weighted by Gasteiger charge is 2.34. The number of cyclic esters (lactones) is 1. The molecule has 0 N–H and O–H groups in total. The summed E-state index contributed by atoms with van der Waals surface area (Å²) in [5.41, 5.74) is 3.83. The van der Waals surface area contributed by atoms with Gasteiger partial charge in [0, 0.05) is 31.3 Å². The minimum atomic E-state index is -0.486. The summed E-state index contributed by atoms with van der Waals surface area (Å²) >= 11 is 0. The highest BCUT2D eigenvalue weighted by molar-refractivity contribution is 5.69. The van der Waals surface area contributed by atoms with E-state index in [1.807, 2.05) is 40.0 Å². The Kier molecular flexibility index (Phi) is 5.69. The summed E-state index contributed by atoms with van der Waals surface area (Å²) in [6.07, 6.45) is 2.64. The first-order valence-electron chi connectivity index (χ1n) is 9.70. The lowest BCUT2D eigenvalue weighted by Crippen LogP contribution is -2.44. The fraction of sp³-hybridized carbons (Fsp3) is 0.435. The Balaban J connectivity index is 1.67. The predicted octanol–water partition coefficient (Wildman–Crippen LogP) is 5.27. The zero-order valence-corrected chi connectivity index (χ0v) is 17.0. The number of rotatable bonds is 5. The molecule has 2 heterocycles. The van der Waals surface area contributed by atoms with Crippen LogP contribution in [0.1, 0.15) is 50.9 Å². The molecule has 1 aliphatic heterocycles. The number of nitriles is 1. The third-order valence-corrected chi connectivity index (χ3v) is 5.33. The van der Waals surface area contributed by atoms with E-state index in [0.29, 0.717) is 13.0 Å². The van der Waals surface area contributed by atoms with Gasteiger partial charge in [-0.05, 0) is 56.5 Å². The number of carbonyl (C=O) groups is 1. The average molecular weight is 377 g/mol. The topological polar surface area (TPSA) is 66.2 Å². The minimum absolute atomic E-state index is 0.0642. The summed E-state index contributed by atoms with van der Waals surface area (Å²) in [6.45, 7) is 8.39. The number of pyridine rings is 1. The fourth-order valence-electron chi connectivity index (χ4n) is 3.61. The van der Waals surface area contributed by atoms with E-state index in [1.165, 1.54) is 0 Å². The van der Waals surface area contributed by atoms with Crippen LogP contribution in [0.25, 0.3) is 11.1 Å². The van der Waals surface area contributed by atoms with Crippen molar-refractivity contribution in [3.63, 3.8) is 0 Å². The molecule has 0 saturated carbocycles. The number of benzene rings is 1. The number of carbonyl (C=O) groups excluding carboxylic acids is 1. The lowest BCUT2D eigenvalue weighted by atomic mass is 9.87. The van der Waals surface area contributed by atoms with Crippen LogP contribution in [0.5, 0.6) is 0 Å². The number of hydrogen-bond acceptors (Lipinski definition) is 4. The molecule has 1 saturated heterocycles. The lowest BCUT2D eigenvalue weighted by Gasteiger charge is -2.37. The monoisotopic (exact) mass is 377 g/mol. The molecule has 2 unspecified atom stereocenters. The maximum Gasteiger partial charge on any atom is 0.410 e. The van der Waals surface area contributed by atoms with E-state index in [4.69, 9.17) is 4.74 Å². The molecule has 5 nitrogen and oxygen atoms in total. The third-order valence-electron chi connectivity index (χ3n) is 5.33. The average Bonchev–Trinajstić information content (AvgIpc) is 2.67. The summed E-state index contributed by atoms with van der Waals surface area (Å²) in [6, 6.07) is 14.5. The highest BCUT2D eigenvalue weighted by atomic mass is 16.6. The van der Waals surface area contributed by atoms with Crippen LogP contribution in [0.4, 0.5) is 4.79 Å². The SMILES string of the molecule is Cc1cc(-c2ccc(C(C)N3CCC(CC(C)(C)C#N)OC3=O)cc2)ccn1. The molecular formula is C23H27N3O2. The largest absolute Gasteiger partial charge is 0.446 e. The van der Waals surface area contributed by atoms with Crippen LogP contribution < -0.4 is 0 Å². The Morgan fingerprint density at radius 1 is 1.29 bits per heavy atom. The van der Waals surface area contributed by atoms with Gasteiger partial charge < -0.3 is 9.64 Å². The third kappa shape index (κ3) is 4.51. The normalized spacial score (nSPS) is 18.3. The molecule has 0 radical (unpaired) electrons. The molecule has 0 bridgehead atoms. The molecule has 0 aliphatic carbocycles. The molecule has 3 rings (SSSR count). The van der Waals surface area contributed by atoms with Crippen LogP contribution in [0.3, 0.4) is 0 Å². The first-order valence-corrected chi connectivity index (χ1v) is 9.70. The quantitative estimate of drug-likeness (QED) is 0.712. The fourth-order valence-corrected chi connectivity index (χ4v) is 3.61. The van der Waals surface area contributed by atoms with E-state index in [9.17, 15) is 10.1 Å². The number of aromatic nitrogens is 1. The second-order valence-corrected chi connectivity index (χ2v) is 8.17. The van der Waals surface area contributed by atoms with Crippen LogP contribution in [0.2, 0.25) is 0 Å². The van der Waals surface area contributed by atoms with Gasteiger partial charge in [0.25, 0.3) is 0 Å². The minimum Gasteiger partial charge on any atom is -0.446 e. The van der Waals surface area contributed by atoms with Crippen molar-refractivity contribution in [3.05, 3.63) is 53.9 Å². The van der Waals surface area contributed by atoms with Crippen molar-refractivity contribution >= 4 is 6.09 Å². The standard InChI is InChI=1S/C23H27N3O2/c1-16-13-20(9-11-25-16)19-7-5-18(6-8-19)17(2)26-12-10-21(28-22(26)27)14-23(3,4)15-24/h5-9,11,13,17,21H,10,12,14H2,1-4H3. The van der Waals surface area contributed by atoms with Crippen molar-refractivity contribution in [3.8, 4) is 17.2 Å². The first kappa shape index (κ1) is 19.9. The van der Waals surface area contributed by atoms with Gasteiger partial charge in [0.1, 0.15) is 6.10 Å². The predicted molar refractivity (Wildman–Crippen MR) is 108 cm³/mol. The molecule has 2 aromatic rings. The number of nitrogens with zero attached hydrogens (tertiary/aromatic N) is 3. The summed E-state index contributed by atoms with van der Waals surface area (Å²) < 4.78 is 5.61. The Morgan fingerprint density at radius 3 is 2.61 bits per heavy atom. The van der Waals surface area contributed by atoms with Crippen molar-refractivity contribution in [2.75, 3.05) is 6.54 Å². The number of aryl methyl sites for hydroxylation is 1. The summed E-state index contributed by atoms with van der Waals surface area (Å²) in [5.74, 6) is 0. The zero-order chi connectivity index (χ0) is 20.3. The second-order valence-electron chi connectivity index (χ2n) is 8.17. The van der Waals surface area contributed by atoms with Gasteiger partial charge in [-0.15, -0.1) is 0 Å². The van der Waals surface area contributed by atoms with Gasteiger partial charge >= 0.3 is 6.09 Å². The molecule has 1 aromatic carbocycles. The molecule has 2 atom stereocenters. The molecule has 1 aromatic heterocycles. The number of hydrogen-bond donors (Lipinski definition) is 0. The van der Waals surface area contributed by atoms with E-state index < -0.39 is 5.41 Å². The summed E-state index contributed by atoms with van der Waals surface area (Å²) in [5, 5.41) is 9.19. The highest BCUT2D eigenvalue weighted by Crippen LogP contribution is 2.31. The van der Waals surface area contributed by atoms with Gasteiger partial charge in [0.2, 0.25) is 0 Å². The Morgan fingerprint density at radius 2 is 2.00 bits per heavy atom. The van der Waals surface area contributed by atoms with E-state index in [0.717, 1.165) is 28.8 Å². The molecule has 5 heteroatoms. The summed E-state index contributed by atoms with van der Waals surface area (Å²) in [7, 11) is 0. The van der Waals surface area contributed by atoms with Gasteiger partial charge in [-0.1, -0.05) is 24.3 Å². The Labute approximate surface area is 167 Å². The van der Waals surface area contributed by atoms with Crippen LogP contribution in [0.15, 0.2) is 42.6 Å². The molecule has 1 fully saturated rings.